The fourth-order valence-electron chi connectivity index (χ4n) is 2.97. The van der Waals surface area contributed by atoms with E-state index in [1.807, 2.05) is 18.7 Å². The van der Waals surface area contributed by atoms with E-state index in [4.69, 9.17) is 0 Å². The Bertz CT molecular complexity index is 429. The summed E-state index contributed by atoms with van der Waals surface area (Å²) in [6, 6.07) is 4.25. The highest BCUT2D eigenvalue weighted by Gasteiger charge is 2.40. The van der Waals surface area contributed by atoms with Crippen LogP contribution in [0.5, 0.6) is 0 Å². The van der Waals surface area contributed by atoms with Crippen molar-refractivity contribution in [1.29, 1.82) is 0 Å². The van der Waals surface area contributed by atoms with Crippen molar-refractivity contribution in [2.24, 2.45) is 5.92 Å². The normalized spacial score (nSPS) is 29.1. The molecule has 1 aromatic heterocycles. The lowest BCUT2D eigenvalue weighted by Crippen LogP contribution is -2.86. The van der Waals surface area contributed by atoms with E-state index in [9.17, 15) is 4.79 Å². The lowest BCUT2D eigenvalue weighted by Gasteiger charge is -2.29. The Kier molecular flexibility index (Phi) is 4.15. The van der Waals surface area contributed by atoms with Crippen LogP contribution in [-0.4, -0.2) is 35.7 Å². The van der Waals surface area contributed by atoms with E-state index in [0.29, 0.717) is 11.8 Å². The average Bonchev–Trinajstić information content (AvgIpc) is 3.04. The van der Waals surface area contributed by atoms with E-state index >= 15 is 0 Å². The minimum Gasteiger partial charge on any atom is -0.346 e. The van der Waals surface area contributed by atoms with Gasteiger partial charge in [0.2, 0.25) is 5.91 Å². The highest BCUT2D eigenvalue weighted by Crippen LogP contribution is 2.44. The Labute approximate surface area is 122 Å². The molecule has 5 heteroatoms. The van der Waals surface area contributed by atoms with Crippen molar-refractivity contribution in [1.82, 2.24) is 4.90 Å². The summed E-state index contributed by atoms with van der Waals surface area (Å²) in [7, 11) is 0. The van der Waals surface area contributed by atoms with Gasteiger partial charge in [-0.3, -0.25) is 4.79 Å². The fourth-order valence-corrected chi connectivity index (χ4v) is 5.21. The second-order valence-electron chi connectivity index (χ2n) is 5.45. The molecule has 104 valence electrons. The summed E-state index contributed by atoms with van der Waals surface area (Å²) in [4.78, 5) is 15.8. The van der Waals surface area contributed by atoms with Crippen LogP contribution in [0, 0.1) is 5.92 Å². The topological polar surface area (TPSA) is 36.9 Å². The van der Waals surface area contributed by atoms with Crippen LogP contribution in [0.3, 0.4) is 0 Å². The van der Waals surface area contributed by atoms with Crippen LogP contribution in [-0.2, 0) is 4.79 Å². The number of nitrogens with two attached hydrogens (primary N) is 1. The zero-order valence-corrected chi connectivity index (χ0v) is 12.9. The summed E-state index contributed by atoms with van der Waals surface area (Å²) >= 11 is 3.58. The third-order valence-corrected chi connectivity index (χ3v) is 6.50. The summed E-state index contributed by atoms with van der Waals surface area (Å²) in [5, 5.41) is 4.86. The molecular weight excluding hydrogens is 276 g/mol. The number of carbonyl (C=O) groups is 1. The van der Waals surface area contributed by atoms with E-state index < -0.39 is 0 Å². The lowest BCUT2D eigenvalue weighted by molar-refractivity contribution is -0.664. The molecule has 0 unspecified atom stereocenters. The minimum atomic E-state index is 0.113. The minimum absolute atomic E-state index is 0.113. The van der Waals surface area contributed by atoms with Gasteiger partial charge in [-0.05, 0) is 24.3 Å². The molecule has 3 rings (SSSR count). The van der Waals surface area contributed by atoms with Gasteiger partial charge in [0.25, 0.3) is 0 Å². The number of quaternary nitrogens is 1. The largest absolute Gasteiger partial charge is 0.346 e. The van der Waals surface area contributed by atoms with Crippen LogP contribution < -0.4 is 5.32 Å². The fraction of sp³-hybridized carbons (Fsp3) is 0.643. The number of piperidine rings is 1. The molecule has 0 aliphatic carbocycles. The first-order chi connectivity index (χ1) is 9.25. The second-order valence-corrected chi connectivity index (χ2v) is 7.85. The van der Waals surface area contributed by atoms with Gasteiger partial charge in [-0.15, -0.1) is 23.1 Å². The van der Waals surface area contributed by atoms with Crippen molar-refractivity contribution < 1.29 is 10.1 Å². The molecule has 2 aliphatic heterocycles. The Morgan fingerprint density at radius 3 is 2.89 bits per heavy atom. The molecule has 2 aliphatic rings. The molecule has 3 nitrogen and oxygen atoms in total. The molecule has 0 radical (unpaired) electrons. The summed E-state index contributed by atoms with van der Waals surface area (Å²) in [5.41, 5.74) is 0. The highest BCUT2D eigenvalue weighted by molar-refractivity contribution is 8.01. The first-order valence-corrected chi connectivity index (χ1v) is 8.89. The number of hydrogen-bond acceptors (Lipinski definition) is 3. The third-order valence-electron chi connectivity index (χ3n) is 4.05. The van der Waals surface area contributed by atoms with Gasteiger partial charge in [0.15, 0.2) is 0 Å². The van der Waals surface area contributed by atoms with E-state index in [1.54, 1.807) is 11.3 Å². The lowest BCUT2D eigenvalue weighted by atomic mass is 9.97. The molecule has 0 bridgehead atoms. The van der Waals surface area contributed by atoms with Crippen molar-refractivity contribution in [3.05, 3.63) is 22.4 Å². The van der Waals surface area contributed by atoms with Gasteiger partial charge in [0.05, 0.1) is 18.3 Å². The maximum Gasteiger partial charge on any atom is 0.236 e. The SMILES string of the molecule is C[C@@H]1S[C@H](c2cccs2)N(CC2CC[NH2+]CC2)C1=O. The van der Waals surface area contributed by atoms with Crippen LogP contribution in [0.1, 0.15) is 30.0 Å². The molecule has 2 atom stereocenters. The molecule has 0 aromatic carbocycles. The van der Waals surface area contributed by atoms with Crippen LogP contribution in [0.4, 0.5) is 0 Å². The summed E-state index contributed by atoms with van der Waals surface area (Å²) < 4.78 is 0. The summed E-state index contributed by atoms with van der Waals surface area (Å²) in [6.45, 7) is 5.44. The molecule has 0 saturated carbocycles. The highest BCUT2D eigenvalue weighted by atomic mass is 32.2. The molecule has 2 saturated heterocycles. The second kappa shape index (κ2) is 5.85. The number of amides is 1. The first kappa shape index (κ1) is 13.5. The number of rotatable bonds is 3. The molecular formula is C14H21N2OS2+. The monoisotopic (exact) mass is 297 g/mol. The number of nitrogens with zero attached hydrogens (tertiary/aromatic N) is 1. The van der Waals surface area contributed by atoms with Crippen LogP contribution in [0.15, 0.2) is 17.5 Å². The molecule has 1 aromatic rings. The van der Waals surface area contributed by atoms with E-state index in [1.165, 1.54) is 30.8 Å². The zero-order chi connectivity index (χ0) is 13.2. The number of thiophene rings is 1. The van der Waals surface area contributed by atoms with Crippen molar-refractivity contribution in [2.75, 3.05) is 19.6 Å². The Morgan fingerprint density at radius 1 is 1.42 bits per heavy atom. The summed E-state index contributed by atoms with van der Waals surface area (Å²) in [5.74, 6) is 1.03. The Hall–Kier alpha value is -0.520. The van der Waals surface area contributed by atoms with Gasteiger partial charge in [0.1, 0.15) is 5.37 Å². The standard InChI is InChI=1S/C14H20N2OS2/c1-10-13(17)16(9-11-4-6-15-7-5-11)14(19-10)12-3-2-8-18-12/h2-3,8,10-11,14-15H,4-7,9H2,1H3/p+1/t10-,14+/m0/s1. The smallest absolute Gasteiger partial charge is 0.236 e. The van der Waals surface area contributed by atoms with Crippen molar-refractivity contribution >= 4 is 29.0 Å². The first-order valence-electron chi connectivity index (χ1n) is 7.06. The number of carbonyl (C=O) groups excluding carboxylic acids is 1. The Balaban J connectivity index is 1.73. The maximum atomic E-state index is 12.4. The molecule has 2 N–H and O–H groups in total. The third kappa shape index (κ3) is 2.83. The Morgan fingerprint density at radius 2 is 2.21 bits per heavy atom. The van der Waals surface area contributed by atoms with Gasteiger partial charge in [-0.2, -0.15) is 0 Å². The average molecular weight is 297 g/mol. The van der Waals surface area contributed by atoms with Gasteiger partial charge >= 0.3 is 0 Å². The van der Waals surface area contributed by atoms with E-state index in [2.05, 4.69) is 27.7 Å². The molecule has 19 heavy (non-hydrogen) atoms. The van der Waals surface area contributed by atoms with Gasteiger partial charge in [0, 0.05) is 24.3 Å². The van der Waals surface area contributed by atoms with E-state index in [-0.39, 0.29) is 10.6 Å². The number of hydrogen-bond donors (Lipinski definition) is 1. The van der Waals surface area contributed by atoms with Crippen molar-refractivity contribution in [3.63, 3.8) is 0 Å². The predicted octanol–water partition coefficient (Wildman–Crippen LogP) is 1.68. The quantitative estimate of drug-likeness (QED) is 0.922. The number of thioether (sulfide) groups is 1. The predicted molar refractivity (Wildman–Crippen MR) is 80.2 cm³/mol. The van der Waals surface area contributed by atoms with Crippen LogP contribution in [0.25, 0.3) is 0 Å². The molecule has 0 spiro atoms. The zero-order valence-electron chi connectivity index (χ0n) is 11.2. The van der Waals surface area contributed by atoms with Gasteiger partial charge in [-0.1, -0.05) is 6.07 Å². The van der Waals surface area contributed by atoms with Crippen LogP contribution >= 0.6 is 23.1 Å². The van der Waals surface area contributed by atoms with Crippen LogP contribution in [0.2, 0.25) is 0 Å². The maximum absolute atomic E-state index is 12.4. The molecule has 1 amide bonds. The summed E-state index contributed by atoms with van der Waals surface area (Å²) in [6.07, 6.45) is 2.50. The van der Waals surface area contributed by atoms with Gasteiger partial charge < -0.3 is 10.2 Å². The molecule has 3 heterocycles. The van der Waals surface area contributed by atoms with E-state index in [0.717, 1.165) is 6.54 Å². The van der Waals surface area contributed by atoms with Crippen molar-refractivity contribution in [2.45, 2.75) is 30.4 Å². The molecule has 2 fully saturated rings. The van der Waals surface area contributed by atoms with Gasteiger partial charge in [-0.25, -0.2) is 0 Å². The van der Waals surface area contributed by atoms with Crippen molar-refractivity contribution in [3.8, 4) is 0 Å².